The molecule has 116 valence electrons. The van der Waals surface area contributed by atoms with Crippen LogP contribution in [-0.4, -0.2) is 30.8 Å². The number of nitrogens with two attached hydrogens (primary N) is 1. The number of nitrogens with zero attached hydrogens (tertiary/aromatic N) is 1. The van der Waals surface area contributed by atoms with E-state index < -0.39 is 20.9 Å². The number of hydrogen-bond acceptors (Lipinski definition) is 3. The van der Waals surface area contributed by atoms with Crippen molar-refractivity contribution in [2.24, 2.45) is 11.7 Å². The Hall–Kier alpha value is -0.470. The Morgan fingerprint density at radius 3 is 2.43 bits per heavy atom. The van der Waals surface area contributed by atoms with Gasteiger partial charge in [-0.15, -0.1) is 0 Å². The Kier molecular flexibility index (Phi) is 5.10. The fourth-order valence-corrected chi connectivity index (χ4v) is 4.65. The molecule has 1 aromatic rings. The van der Waals surface area contributed by atoms with E-state index in [-0.39, 0.29) is 28.9 Å². The van der Waals surface area contributed by atoms with Crippen LogP contribution in [0.2, 0.25) is 10.0 Å². The number of benzene rings is 1. The number of piperidine rings is 1. The second-order valence-electron chi connectivity index (χ2n) is 4.75. The zero-order chi connectivity index (χ0) is 15.8. The van der Waals surface area contributed by atoms with Gasteiger partial charge in [0.25, 0.3) is 0 Å². The molecule has 0 bridgehead atoms. The van der Waals surface area contributed by atoms with Crippen LogP contribution in [-0.2, 0) is 10.0 Å². The van der Waals surface area contributed by atoms with Crippen LogP contribution in [0.3, 0.4) is 0 Å². The SMILES string of the molecule is NC(=S)C1CCN(S(=O)(=O)c2ccc(Cl)c(F)c2Cl)CC1. The average molecular weight is 371 g/mol. The number of hydrogen-bond donors (Lipinski definition) is 1. The predicted molar refractivity (Wildman–Crippen MR) is 84.7 cm³/mol. The molecule has 0 atom stereocenters. The maximum atomic E-state index is 13.7. The van der Waals surface area contributed by atoms with Gasteiger partial charge < -0.3 is 5.73 Å². The van der Waals surface area contributed by atoms with Crippen LogP contribution in [0.15, 0.2) is 17.0 Å². The van der Waals surface area contributed by atoms with Crippen molar-refractivity contribution in [2.45, 2.75) is 17.7 Å². The average Bonchev–Trinajstić information content (AvgIpc) is 2.44. The van der Waals surface area contributed by atoms with E-state index in [0.717, 1.165) is 0 Å². The zero-order valence-corrected chi connectivity index (χ0v) is 14.0. The topological polar surface area (TPSA) is 63.4 Å². The van der Waals surface area contributed by atoms with Crippen molar-refractivity contribution < 1.29 is 12.8 Å². The summed E-state index contributed by atoms with van der Waals surface area (Å²) < 4.78 is 40.0. The fourth-order valence-electron chi connectivity index (χ4n) is 2.23. The van der Waals surface area contributed by atoms with Gasteiger partial charge in [0.05, 0.1) is 15.0 Å². The molecule has 0 saturated carbocycles. The van der Waals surface area contributed by atoms with Crippen molar-refractivity contribution >= 4 is 50.4 Å². The van der Waals surface area contributed by atoms with Gasteiger partial charge in [-0.1, -0.05) is 35.4 Å². The maximum absolute atomic E-state index is 13.7. The molecule has 0 unspecified atom stereocenters. The molecule has 0 aromatic heterocycles. The van der Waals surface area contributed by atoms with Gasteiger partial charge in [-0.05, 0) is 25.0 Å². The van der Waals surface area contributed by atoms with E-state index in [0.29, 0.717) is 17.8 Å². The maximum Gasteiger partial charge on any atom is 0.244 e. The summed E-state index contributed by atoms with van der Waals surface area (Å²) in [4.78, 5) is 0.113. The van der Waals surface area contributed by atoms with Crippen LogP contribution in [0, 0.1) is 11.7 Å². The first kappa shape index (κ1) is 16.9. The molecule has 2 rings (SSSR count). The molecule has 9 heteroatoms. The lowest BCUT2D eigenvalue weighted by molar-refractivity contribution is 0.316. The van der Waals surface area contributed by atoms with Crippen molar-refractivity contribution in [1.29, 1.82) is 0 Å². The molecule has 1 fully saturated rings. The van der Waals surface area contributed by atoms with Gasteiger partial charge in [-0.25, -0.2) is 12.8 Å². The third-order valence-corrected chi connectivity index (χ3v) is 6.52. The van der Waals surface area contributed by atoms with E-state index in [1.165, 1.54) is 16.4 Å². The quantitative estimate of drug-likeness (QED) is 0.656. The molecular weight excluding hydrogens is 358 g/mol. The van der Waals surface area contributed by atoms with E-state index in [2.05, 4.69) is 0 Å². The second kappa shape index (κ2) is 6.34. The first-order valence-electron chi connectivity index (χ1n) is 6.18. The number of rotatable bonds is 3. The third-order valence-electron chi connectivity index (χ3n) is 3.47. The summed E-state index contributed by atoms with van der Waals surface area (Å²) in [5, 5.41) is -0.704. The Balaban J connectivity index is 2.28. The molecule has 0 aliphatic carbocycles. The van der Waals surface area contributed by atoms with Gasteiger partial charge >= 0.3 is 0 Å². The molecule has 1 aliphatic rings. The first-order valence-corrected chi connectivity index (χ1v) is 8.78. The largest absolute Gasteiger partial charge is 0.393 e. The van der Waals surface area contributed by atoms with E-state index in [4.69, 9.17) is 41.2 Å². The highest BCUT2D eigenvalue weighted by Crippen LogP contribution is 2.32. The second-order valence-corrected chi connectivity index (χ2v) is 7.92. The van der Waals surface area contributed by atoms with Gasteiger partial charge in [-0.3, -0.25) is 0 Å². The van der Waals surface area contributed by atoms with Crippen LogP contribution in [0.5, 0.6) is 0 Å². The van der Waals surface area contributed by atoms with Gasteiger partial charge in [0.1, 0.15) is 4.90 Å². The molecule has 1 saturated heterocycles. The lowest BCUT2D eigenvalue weighted by Crippen LogP contribution is -2.41. The molecular formula is C12H13Cl2FN2O2S2. The molecule has 21 heavy (non-hydrogen) atoms. The number of thiocarbonyl (C=S) groups is 1. The van der Waals surface area contributed by atoms with Crippen molar-refractivity contribution in [2.75, 3.05) is 13.1 Å². The van der Waals surface area contributed by atoms with E-state index in [9.17, 15) is 12.8 Å². The summed E-state index contributed by atoms with van der Waals surface area (Å²) in [7, 11) is -3.86. The van der Waals surface area contributed by atoms with Crippen LogP contribution in [0.25, 0.3) is 0 Å². The van der Waals surface area contributed by atoms with Crippen LogP contribution in [0.4, 0.5) is 4.39 Å². The predicted octanol–water partition coefficient (Wildman–Crippen LogP) is 2.82. The highest BCUT2D eigenvalue weighted by molar-refractivity contribution is 7.89. The van der Waals surface area contributed by atoms with E-state index >= 15 is 0 Å². The molecule has 0 amide bonds. The molecule has 1 aromatic carbocycles. The highest BCUT2D eigenvalue weighted by atomic mass is 35.5. The first-order chi connectivity index (χ1) is 9.75. The lowest BCUT2D eigenvalue weighted by atomic mass is 9.98. The van der Waals surface area contributed by atoms with Gasteiger partial charge in [-0.2, -0.15) is 4.31 Å². The van der Waals surface area contributed by atoms with Crippen molar-refractivity contribution in [1.82, 2.24) is 4.31 Å². The summed E-state index contributed by atoms with van der Waals surface area (Å²) in [6.45, 7) is 0.538. The van der Waals surface area contributed by atoms with Gasteiger partial charge in [0, 0.05) is 19.0 Å². The Morgan fingerprint density at radius 1 is 1.33 bits per heavy atom. The molecule has 4 nitrogen and oxygen atoms in total. The Labute approximate surface area is 138 Å². The fraction of sp³-hybridized carbons (Fsp3) is 0.417. The van der Waals surface area contributed by atoms with Crippen molar-refractivity contribution in [3.8, 4) is 0 Å². The van der Waals surface area contributed by atoms with E-state index in [1.54, 1.807) is 0 Å². The van der Waals surface area contributed by atoms with Crippen LogP contribution in [0.1, 0.15) is 12.8 Å². The number of sulfonamides is 1. The Morgan fingerprint density at radius 2 is 1.90 bits per heavy atom. The standard InChI is InChI=1S/C12H13Cl2FN2O2S2/c13-8-1-2-9(10(14)11(8)15)21(18,19)17-5-3-7(4-6-17)12(16)20/h1-2,7H,3-6H2,(H2,16,20). The minimum atomic E-state index is -3.86. The minimum absolute atomic E-state index is 0.0314. The normalized spacial score (nSPS) is 17.9. The lowest BCUT2D eigenvalue weighted by Gasteiger charge is -2.30. The Bertz CT molecular complexity index is 674. The number of halogens is 3. The van der Waals surface area contributed by atoms with Gasteiger partial charge in [0.15, 0.2) is 5.82 Å². The minimum Gasteiger partial charge on any atom is -0.393 e. The smallest absolute Gasteiger partial charge is 0.244 e. The van der Waals surface area contributed by atoms with Crippen molar-refractivity contribution in [3.05, 3.63) is 28.0 Å². The zero-order valence-electron chi connectivity index (χ0n) is 10.9. The molecule has 0 spiro atoms. The third kappa shape index (κ3) is 3.32. The van der Waals surface area contributed by atoms with Gasteiger partial charge in [0.2, 0.25) is 10.0 Å². The molecule has 1 heterocycles. The van der Waals surface area contributed by atoms with Crippen LogP contribution < -0.4 is 5.73 Å². The molecule has 0 radical (unpaired) electrons. The van der Waals surface area contributed by atoms with Crippen LogP contribution >= 0.6 is 35.4 Å². The highest BCUT2D eigenvalue weighted by Gasteiger charge is 2.32. The molecule has 1 aliphatic heterocycles. The summed E-state index contributed by atoms with van der Waals surface area (Å²) in [5.74, 6) is -0.902. The van der Waals surface area contributed by atoms with E-state index in [1.807, 2.05) is 0 Å². The molecule has 2 N–H and O–H groups in total. The summed E-state index contributed by atoms with van der Waals surface area (Å²) in [5.41, 5.74) is 5.57. The summed E-state index contributed by atoms with van der Waals surface area (Å²) >= 11 is 16.3. The van der Waals surface area contributed by atoms with Crippen molar-refractivity contribution in [3.63, 3.8) is 0 Å². The summed E-state index contributed by atoms with van der Waals surface area (Å²) in [6, 6.07) is 2.39. The monoisotopic (exact) mass is 370 g/mol. The summed E-state index contributed by atoms with van der Waals surface area (Å²) in [6.07, 6.45) is 1.09.